The van der Waals surface area contributed by atoms with Gasteiger partial charge in [0, 0.05) is 22.8 Å². The van der Waals surface area contributed by atoms with Crippen LogP contribution in [-0.4, -0.2) is 34.7 Å². The number of hydrogen-bond donors (Lipinski definition) is 1. The zero-order chi connectivity index (χ0) is 21.3. The quantitative estimate of drug-likeness (QED) is 0.629. The van der Waals surface area contributed by atoms with E-state index in [2.05, 4.69) is 15.5 Å². The first-order valence-electron chi connectivity index (χ1n) is 9.54. The summed E-state index contributed by atoms with van der Waals surface area (Å²) in [5.74, 6) is 1.48. The first-order valence-corrected chi connectivity index (χ1v) is 9.92. The summed E-state index contributed by atoms with van der Waals surface area (Å²) in [6.07, 6.45) is 0. The first-order chi connectivity index (χ1) is 14.5. The maximum Gasteiger partial charge on any atom is 0.322 e. The van der Waals surface area contributed by atoms with Gasteiger partial charge in [-0.25, -0.2) is 4.79 Å². The van der Waals surface area contributed by atoms with Crippen LogP contribution < -0.4 is 10.1 Å². The maximum absolute atomic E-state index is 12.6. The van der Waals surface area contributed by atoms with E-state index in [4.69, 9.17) is 20.9 Å². The van der Waals surface area contributed by atoms with Gasteiger partial charge in [-0.1, -0.05) is 41.0 Å². The Kier molecular flexibility index (Phi) is 5.46. The average Bonchev–Trinajstić information content (AvgIpc) is 3.23. The van der Waals surface area contributed by atoms with E-state index in [1.54, 1.807) is 18.1 Å². The molecule has 8 heteroatoms. The number of rotatable bonds is 5. The van der Waals surface area contributed by atoms with Gasteiger partial charge in [0.1, 0.15) is 5.75 Å². The molecule has 3 aromatic rings. The van der Waals surface area contributed by atoms with E-state index in [1.807, 2.05) is 56.3 Å². The van der Waals surface area contributed by atoms with Gasteiger partial charge in [-0.15, -0.1) is 0 Å². The van der Waals surface area contributed by atoms with Gasteiger partial charge in [-0.05, 0) is 43.7 Å². The van der Waals surface area contributed by atoms with Gasteiger partial charge >= 0.3 is 6.03 Å². The number of nitrogens with one attached hydrogen (secondary N) is 1. The summed E-state index contributed by atoms with van der Waals surface area (Å²) in [7, 11) is 1.61. The van der Waals surface area contributed by atoms with Gasteiger partial charge in [-0.3, -0.25) is 4.90 Å². The number of methoxy groups -OCH3 is 1. The average molecular weight is 425 g/mol. The Balaban J connectivity index is 1.81. The lowest BCUT2D eigenvalue weighted by molar-refractivity contribution is 0.207. The second kappa shape index (κ2) is 8.20. The van der Waals surface area contributed by atoms with Crippen molar-refractivity contribution < 1.29 is 14.1 Å². The van der Waals surface area contributed by atoms with Crippen molar-refractivity contribution in [1.82, 2.24) is 20.4 Å². The molecule has 0 aliphatic carbocycles. The van der Waals surface area contributed by atoms with E-state index in [0.717, 1.165) is 22.4 Å². The third-order valence-corrected chi connectivity index (χ3v) is 5.31. The number of aromatic nitrogens is 2. The van der Waals surface area contributed by atoms with E-state index in [9.17, 15) is 4.79 Å². The van der Waals surface area contributed by atoms with Crippen molar-refractivity contribution in [1.29, 1.82) is 0 Å². The summed E-state index contributed by atoms with van der Waals surface area (Å²) in [5.41, 5.74) is 3.10. The van der Waals surface area contributed by atoms with Crippen LogP contribution in [0.5, 0.6) is 5.75 Å². The molecule has 0 spiro atoms. The zero-order valence-corrected chi connectivity index (χ0v) is 17.6. The molecule has 2 amide bonds. The Morgan fingerprint density at radius 2 is 2.03 bits per heavy atom. The molecule has 2 aromatic carbocycles. The van der Waals surface area contributed by atoms with E-state index >= 15 is 0 Å². The minimum absolute atomic E-state index is 0.184. The number of urea groups is 1. The summed E-state index contributed by atoms with van der Waals surface area (Å²) in [6.45, 7) is 4.31. The molecule has 1 aliphatic heterocycles. The Morgan fingerprint density at radius 3 is 2.77 bits per heavy atom. The van der Waals surface area contributed by atoms with Crippen molar-refractivity contribution >= 4 is 23.2 Å². The molecule has 2 heterocycles. The molecule has 1 aromatic heterocycles. The number of carbonyl (C=O) groups excluding carboxylic acids is 1. The van der Waals surface area contributed by atoms with Crippen LogP contribution in [0.1, 0.15) is 31.3 Å². The molecular formula is C22H21ClN4O3. The molecule has 0 fully saturated rings. The molecule has 0 saturated carbocycles. The molecule has 7 nitrogen and oxygen atoms in total. The highest BCUT2D eigenvalue weighted by molar-refractivity contribution is 6.30. The molecular weight excluding hydrogens is 404 g/mol. The van der Waals surface area contributed by atoms with Gasteiger partial charge in [-0.2, -0.15) is 4.98 Å². The zero-order valence-electron chi connectivity index (χ0n) is 16.8. The standard InChI is InChI=1S/C22H21ClN4O3/c1-4-27-13(2)18(19(24-22(27)28)14-7-5-9-16(23)11-14)21-25-20(26-30-21)15-8-6-10-17(12-15)29-3/h5-12,19H,4H2,1-3H3,(H,24,28). The molecule has 154 valence electrons. The van der Waals surface area contributed by atoms with Crippen molar-refractivity contribution in [2.24, 2.45) is 0 Å². The van der Waals surface area contributed by atoms with Crippen molar-refractivity contribution in [2.75, 3.05) is 13.7 Å². The molecule has 30 heavy (non-hydrogen) atoms. The Morgan fingerprint density at radius 1 is 1.23 bits per heavy atom. The van der Waals surface area contributed by atoms with Gasteiger partial charge in [0.05, 0.1) is 18.7 Å². The van der Waals surface area contributed by atoms with Crippen molar-refractivity contribution in [3.05, 3.63) is 70.7 Å². The number of benzene rings is 2. The van der Waals surface area contributed by atoms with Gasteiger partial charge < -0.3 is 14.6 Å². The molecule has 0 saturated heterocycles. The van der Waals surface area contributed by atoms with Crippen LogP contribution >= 0.6 is 11.6 Å². The number of amides is 2. The Bertz CT molecular complexity index is 1120. The molecule has 4 rings (SSSR count). The topological polar surface area (TPSA) is 80.5 Å². The number of allylic oxidation sites excluding steroid dienone is 1. The van der Waals surface area contributed by atoms with Gasteiger partial charge in [0.15, 0.2) is 0 Å². The van der Waals surface area contributed by atoms with Crippen LogP contribution in [0.3, 0.4) is 0 Å². The highest BCUT2D eigenvalue weighted by Crippen LogP contribution is 2.37. The predicted molar refractivity (Wildman–Crippen MR) is 114 cm³/mol. The fourth-order valence-corrected chi connectivity index (χ4v) is 3.79. The third kappa shape index (κ3) is 3.64. The number of halogens is 1. The highest BCUT2D eigenvalue weighted by Gasteiger charge is 2.35. The van der Waals surface area contributed by atoms with Gasteiger partial charge in [0.2, 0.25) is 5.82 Å². The predicted octanol–water partition coefficient (Wildman–Crippen LogP) is 4.92. The molecule has 1 N–H and O–H groups in total. The number of hydrogen-bond acceptors (Lipinski definition) is 5. The molecule has 0 radical (unpaired) electrons. The normalized spacial score (nSPS) is 16.6. The second-order valence-corrected chi connectivity index (χ2v) is 7.27. The Labute approximate surface area is 179 Å². The monoisotopic (exact) mass is 424 g/mol. The van der Waals surface area contributed by atoms with Crippen LogP contribution in [-0.2, 0) is 0 Å². The summed E-state index contributed by atoms with van der Waals surface area (Å²) in [4.78, 5) is 18.9. The smallest absolute Gasteiger partial charge is 0.322 e. The minimum atomic E-state index is -0.461. The molecule has 1 unspecified atom stereocenters. The second-order valence-electron chi connectivity index (χ2n) is 6.84. The van der Waals surface area contributed by atoms with E-state index < -0.39 is 6.04 Å². The van der Waals surface area contributed by atoms with Crippen LogP contribution in [0.25, 0.3) is 17.0 Å². The number of ether oxygens (including phenoxy) is 1. The lowest BCUT2D eigenvalue weighted by atomic mass is 9.94. The molecule has 0 bridgehead atoms. The van der Waals surface area contributed by atoms with E-state index in [0.29, 0.717) is 29.0 Å². The van der Waals surface area contributed by atoms with Crippen molar-refractivity contribution in [3.63, 3.8) is 0 Å². The summed E-state index contributed by atoms with van der Waals surface area (Å²) in [5, 5.41) is 7.77. The molecule has 1 atom stereocenters. The Hall–Kier alpha value is -3.32. The number of nitrogens with zero attached hydrogens (tertiary/aromatic N) is 3. The SMILES string of the molecule is CCN1C(=O)NC(c2cccc(Cl)c2)C(c2nc(-c3cccc(OC)c3)no2)=C1C. The number of carbonyl (C=O) groups is 1. The van der Waals surface area contributed by atoms with Crippen LogP contribution in [0, 0.1) is 0 Å². The first kappa shape index (κ1) is 20.0. The van der Waals surface area contributed by atoms with Crippen molar-refractivity contribution in [3.8, 4) is 17.1 Å². The van der Waals surface area contributed by atoms with E-state index in [1.165, 1.54) is 0 Å². The van der Waals surface area contributed by atoms with Crippen LogP contribution in [0.15, 0.2) is 58.8 Å². The van der Waals surface area contributed by atoms with Crippen molar-refractivity contribution in [2.45, 2.75) is 19.9 Å². The fourth-order valence-electron chi connectivity index (χ4n) is 3.59. The van der Waals surface area contributed by atoms with E-state index in [-0.39, 0.29) is 6.03 Å². The summed E-state index contributed by atoms with van der Waals surface area (Å²) < 4.78 is 10.9. The largest absolute Gasteiger partial charge is 0.497 e. The van der Waals surface area contributed by atoms with Crippen LogP contribution in [0.4, 0.5) is 4.79 Å². The van der Waals surface area contributed by atoms with Gasteiger partial charge in [0.25, 0.3) is 5.89 Å². The summed E-state index contributed by atoms with van der Waals surface area (Å²) in [6, 6.07) is 14.2. The highest BCUT2D eigenvalue weighted by atomic mass is 35.5. The summed E-state index contributed by atoms with van der Waals surface area (Å²) >= 11 is 6.20. The third-order valence-electron chi connectivity index (χ3n) is 5.08. The molecule has 1 aliphatic rings. The lowest BCUT2D eigenvalue weighted by Crippen LogP contribution is -2.45. The van der Waals surface area contributed by atoms with Crippen LogP contribution in [0.2, 0.25) is 5.02 Å². The fraction of sp³-hybridized carbons (Fsp3) is 0.227. The maximum atomic E-state index is 12.6. The minimum Gasteiger partial charge on any atom is -0.497 e. The lowest BCUT2D eigenvalue weighted by Gasteiger charge is -2.34.